The first-order valence-electron chi connectivity index (χ1n) is 8.35. The molecule has 0 aliphatic carbocycles. The van der Waals surface area contributed by atoms with Crippen LogP contribution in [0, 0.1) is 0 Å². The van der Waals surface area contributed by atoms with Crippen LogP contribution in [0.2, 0.25) is 0 Å². The Morgan fingerprint density at radius 3 is 2.32 bits per heavy atom. The number of hydrogen-bond acceptors (Lipinski definition) is 3. The summed E-state index contributed by atoms with van der Waals surface area (Å²) in [6.45, 7) is 8.42. The molecule has 0 bridgehead atoms. The topological polar surface area (TPSA) is 49.8 Å². The van der Waals surface area contributed by atoms with Crippen LogP contribution in [0.3, 0.4) is 0 Å². The van der Waals surface area contributed by atoms with E-state index < -0.39 is 5.97 Å². The summed E-state index contributed by atoms with van der Waals surface area (Å²) in [5.74, 6) is -0.288. The lowest BCUT2D eigenvalue weighted by Crippen LogP contribution is -2.28. The Kier molecular flexibility index (Phi) is 9.31. The summed E-state index contributed by atoms with van der Waals surface area (Å²) in [7, 11) is 0. The van der Waals surface area contributed by atoms with Gasteiger partial charge in [-0.05, 0) is 50.6 Å². The molecule has 0 radical (unpaired) electrons. The van der Waals surface area contributed by atoms with Crippen LogP contribution < -0.4 is 4.74 Å². The van der Waals surface area contributed by atoms with Crippen LogP contribution in [0.1, 0.15) is 56.3 Å². The van der Waals surface area contributed by atoms with E-state index in [9.17, 15) is 4.79 Å². The summed E-state index contributed by atoms with van der Waals surface area (Å²) in [6.07, 6.45) is 5.89. The molecular weight excluding hydrogens is 278 g/mol. The molecule has 0 saturated heterocycles. The van der Waals surface area contributed by atoms with Crippen molar-refractivity contribution in [2.75, 3.05) is 26.2 Å². The first-order valence-corrected chi connectivity index (χ1v) is 8.35. The highest BCUT2D eigenvalue weighted by molar-refractivity contribution is 5.87. The number of carboxylic acid groups (broad SMARTS) is 1. The summed E-state index contributed by atoms with van der Waals surface area (Å²) in [5.41, 5.74) is 0.269. The van der Waals surface area contributed by atoms with Gasteiger partial charge in [-0.1, -0.05) is 32.8 Å². The van der Waals surface area contributed by atoms with E-state index in [0.29, 0.717) is 12.4 Å². The Hall–Kier alpha value is -1.55. The molecule has 4 nitrogen and oxygen atoms in total. The molecule has 0 unspecified atom stereocenters. The number of nitrogens with zero attached hydrogens (tertiary/aromatic N) is 1. The average Bonchev–Trinajstić information content (AvgIpc) is 2.53. The molecule has 4 heteroatoms. The lowest BCUT2D eigenvalue weighted by Gasteiger charge is -2.21. The maximum absolute atomic E-state index is 10.9. The highest BCUT2D eigenvalue weighted by atomic mass is 16.5. The van der Waals surface area contributed by atoms with Gasteiger partial charge >= 0.3 is 5.97 Å². The minimum Gasteiger partial charge on any atom is -0.494 e. The summed E-state index contributed by atoms with van der Waals surface area (Å²) >= 11 is 0. The first-order chi connectivity index (χ1) is 10.7. The molecule has 0 aliphatic heterocycles. The highest BCUT2D eigenvalue weighted by Crippen LogP contribution is 2.13. The third-order valence-corrected chi connectivity index (χ3v) is 3.62. The summed E-state index contributed by atoms with van der Waals surface area (Å²) in [5, 5.41) is 8.96. The van der Waals surface area contributed by atoms with E-state index in [4.69, 9.17) is 9.84 Å². The van der Waals surface area contributed by atoms with Gasteiger partial charge in [-0.3, -0.25) is 0 Å². The molecule has 0 heterocycles. The number of rotatable bonds is 12. The van der Waals surface area contributed by atoms with Gasteiger partial charge in [0, 0.05) is 6.54 Å². The molecular formula is C18H29NO3. The standard InChI is InChI=1S/C18H29NO3/c1-3-5-11-19(12-6-4-2)13-8-14-22-17-10-7-9-16(15-17)18(20)21/h7,9-10,15H,3-6,8,11-14H2,1-2H3,(H,20,21). The third kappa shape index (κ3) is 7.46. The number of hydrogen-bond donors (Lipinski definition) is 1. The highest BCUT2D eigenvalue weighted by Gasteiger charge is 2.05. The van der Waals surface area contributed by atoms with E-state index in [1.807, 2.05) is 0 Å². The van der Waals surface area contributed by atoms with Crippen LogP contribution in [0.4, 0.5) is 0 Å². The van der Waals surface area contributed by atoms with E-state index in [-0.39, 0.29) is 5.56 Å². The van der Waals surface area contributed by atoms with Crippen LogP contribution in [-0.4, -0.2) is 42.2 Å². The third-order valence-electron chi connectivity index (χ3n) is 3.62. The van der Waals surface area contributed by atoms with Crippen LogP contribution >= 0.6 is 0 Å². The fourth-order valence-corrected chi connectivity index (χ4v) is 2.30. The van der Waals surface area contributed by atoms with Gasteiger partial charge in [0.1, 0.15) is 5.75 Å². The quantitative estimate of drug-likeness (QED) is 0.592. The molecule has 0 atom stereocenters. The van der Waals surface area contributed by atoms with Crippen molar-refractivity contribution in [2.24, 2.45) is 0 Å². The van der Waals surface area contributed by atoms with Crippen molar-refractivity contribution in [3.63, 3.8) is 0 Å². The van der Waals surface area contributed by atoms with Crippen molar-refractivity contribution < 1.29 is 14.6 Å². The molecule has 0 amide bonds. The average molecular weight is 307 g/mol. The lowest BCUT2D eigenvalue weighted by molar-refractivity contribution is 0.0696. The van der Waals surface area contributed by atoms with Crippen LogP contribution in [0.15, 0.2) is 24.3 Å². The summed E-state index contributed by atoms with van der Waals surface area (Å²) in [4.78, 5) is 13.4. The van der Waals surface area contributed by atoms with Gasteiger partial charge in [-0.25, -0.2) is 4.79 Å². The van der Waals surface area contributed by atoms with Crippen molar-refractivity contribution in [2.45, 2.75) is 46.0 Å². The number of carboxylic acids is 1. The zero-order chi connectivity index (χ0) is 16.2. The number of benzene rings is 1. The van der Waals surface area contributed by atoms with Gasteiger partial charge in [-0.15, -0.1) is 0 Å². The Morgan fingerprint density at radius 1 is 1.09 bits per heavy atom. The van der Waals surface area contributed by atoms with Crippen LogP contribution in [0.5, 0.6) is 5.75 Å². The SMILES string of the molecule is CCCCN(CCCC)CCCOc1cccc(C(=O)O)c1. The molecule has 0 aliphatic rings. The number of carbonyl (C=O) groups is 1. The van der Waals surface area contributed by atoms with Crippen molar-refractivity contribution >= 4 is 5.97 Å². The predicted molar refractivity (Wildman–Crippen MR) is 89.8 cm³/mol. The van der Waals surface area contributed by atoms with E-state index in [1.54, 1.807) is 24.3 Å². The van der Waals surface area contributed by atoms with Crippen molar-refractivity contribution in [1.82, 2.24) is 4.90 Å². The number of ether oxygens (including phenoxy) is 1. The van der Waals surface area contributed by atoms with E-state index >= 15 is 0 Å². The Bertz CT molecular complexity index is 426. The Balaban J connectivity index is 2.32. The molecule has 1 rings (SSSR count). The Morgan fingerprint density at radius 2 is 1.73 bits per heavy atom. The monoisotopic (exact) mass is 307 g/mol. The van der Waals surface area contributed by atoms with Crippen molar-refractivity contribution in [3.05, 3.63) is 29.8 Å². The van der Waals surface area contributed by atoms with Gasteiger partial charge in [-0.2, -0.15) is 0 Å². The molecule has 1 aromatic rings. The van der Waals surface area contributed by atoms with Gasteiger partial charge in [0.05, 0.1) is 12.2 Å². The lowest BCUT2D eigenvalue weighted by atomic mass is 10.2. The van der Waals surface area contributed by atoms with E-state index in [0.717, 1.165) is 26.1 Å². The molecule has 0 spiro atoms. The zero-order valence-corrected chi connectivity index (χ0v) is 13.9. The van der Waals surface area contributed by atoms with Crippen LogP contribution in [0.25, 0.3) is 0 Å². The molecule has 0 aromatic heterocycles. The maximum atomic E-state index is 10.9. The van der Waals surface area contributed by atoms with Gasteiger partial charge in [0.2, 0.25) is 0 Å². The summed E-state index contributed by atoms with van der Waals surface area (Å²) < 4.78 is 5.67. The molecule has 22 heavy (non-hydrogen) atoms. The van der Waals surface area contributed by atoms with Gasteiger partial charge in [0.25, 0.3) is 0 Å². The van der Waals surface area contributed by atoms with Gasteiger partial charge < -0.3 is 14.7 Å². The molecule has 1 N–H and O–H groups in total. The fourth-order valence-electron chi connectivity index (χ4n) is 2.30. The van der Waals surface area contributed by atoms with Crippen molar-refractivity contribution in [1.29, 1.82) is 0 Å². The number of aromatic carboxylic acids is 1. The second-order valence-electron chi connectivity index (χ2n) is 5.58. The van der Waals surface area contributed by atoms with E-state index in [1.165, 1.54) is 25.7 Å². The minimum atomic E-state index is -0.921. The van der Waals surface area contributed by atoms with Crippen LogP contribution in [-0.2, 0) is 0 Å². The smallest absolute Gasteiger partial charge is 0.335 e. The predicted octanol–water partition coefficient (Wildman–Crippen LogP) is 4.06. The largest absolute Gasteiger partial charge is 0.494 e. The molecule has 0 fully saturated rings. The van der Waals surface area contributed by atoms with Gasteiger partial charge in [0.15, 0.2) is 0 Å². The fraction of sp³-hybridized carbons (Fsp3) is 0.611. The second-order valence-corrected chi connectivity index (χ2v) is 5.58. The number of unbranched alkanes of at least 4 members (excludes halogenated alkanes) is 2. The minimum absolute atomic E-state index is 0.269. The molecule has 1 aromatic carbocycles. The second kappa shape index (κ2) is 11.1. The zero-order valence-electron chi connectivity index (χ0n) is 13.9. The van der Waals surface area contributed by atoms with E-state index in [2.05, 4.69) is 18.7 Å². The normalized spacial score (nSPS) is 10.9. The first kappa shape index (κ1) is 18.5. The Labute approximate surface area is 134 Å². The van der Waals surface area contributed by atoms with Crippen molar-refractivity contribution in [3.8, 4) is 5.75 Å². The molecule has 0 saturated carbocycles. The molecule has 124 valence electrons. The maximum Gasteiger partial charge on any atom is 0.335 e. The summed E-state index contributed by atoms with van der Waals surface area (Å²) in [6, 6.07) is 6.67.